The summed E-state index contributed by atoms with van der Waals surface area (Å²) in [6.45, 7) is 3.17. The molecule has 0 bridgehead atoms. The van der Waals surface area contributed by atoms with E-state index >= 15 is 0 Å². The SMILES string of the molecule is COc1ccc(S(=O)(=O)N2CCN3CCC[C@H]3C2)cc1. The van der Waals surface area contributed by atoms with Crippen molar-refractivity contribution in [3.8, 4) is 5.75 Å². The number of methoxy groups -OCH3 is 1. The number of ether oxygens (including phenoxy) is 1. The van der Waals surface area contributed by atoms with Gasteiger partial charge in [0.25, 0.3) is 0 Å². The third kappa shape index (κ3) is 2.43. The molecule has 2 aliphatic heterocycles. The predicted molar refractivity (Wildman–Crippen MR) is 76.3 cm³/mol. The quantitative estimate of drug-likeness (QED) is 0.840. The Morgan fingerprint density at radius 1 is 1.15 bits per heavy atom. The van der Waals surface area contributed by atoms with Crippen molar-refractivity contribution in [1.29, 1.82) is 0 Å². The first-order chi connectivity index (χ1) is 9.61. The maximum absolute atomic E-state index is 12.6. The van der Waals surface area contributed by atoms with E-state index in [0.29, 0.717) is 29.8 Å². The van der Waals surface area contributed by atoms with Crippen LogP contribution in [0.15, 0.2) is 29.2 Å². The first-order valence-corrected chi connectivity index (χ1v) is 8.43. The monoisotopic (exact) mass is 296 g/mol. The first kappa shape index (κ1) is 13.9. The van der Waals surface area contributed by atoms with Gasteiger partial charge in [-0.15, -0.1) is 0 Å². The number of sulfonamides is 1. The zero-order valence-electron chi connectivity index (χ0n) is 11.7. The molecule has 0 aliphatic carbocycles. The molecule has 2 saturated heterocycles. The van der Waals surface area contributed by atoms with Crippen molar-refractivity contribution < 1.29 is 13.2 Å². The fraction of sp³-hybridized carbons (Fsp3) is 0.571. The maximum Gasteiger partial charge on any atom is 0.243 e. The number of fused-ring (bicyclic) bond motifs is 1. The predicted octanol–water partition coefficient (Wildman–Crippen LogP) is 1.16. The van der Waals surface area contributed by atoms with Crippen molar-refractivity contribution in [2.45, 2.75) is 23.8 Å². The van der Waals surface area contributed by atoms with Gasteiger partial charge in [0.15, 0.2) is 0 Å². The van der Waals surface area contributed by atoms with E-state index in [1.807, 2.05) is 0 Å². The number of rotatable bonds is 3. The summed E-state index contributed by atoms with van der Waals surface area (Å²) in [5, 5.41) is 0. The highest BCUT2D eigenvalue weighted by Crippen LogP contribution is 2.26. The summed E-state index contributed by atoms with van der Waals surface area (Å²) >= 11 is 0. The molecule has 2 fully saturated rings. The minimum Gasteiger partial charge on any atom is -0.497 e. The number of hydrogen-bond donors (Lipinski definition) is 0. The van der Waals surface area contributed by atoms with Gasteiger partial charge >= 0.3 is 0 Å². The van der Waals surface area contributed by atoms with Gasteiger partial charge in [-0.25, -0.2) is 8.42 Å². The van der Waals surface area contributed by atoms with Gasteiger partial charge in [-0.1, -0.05) is 0 Å². The summed E-state index contributed by atoms with van der Waals surface area (Å²) in [4.78, 5) is 2.75. The Balaban J connectivity index is 1.80. The molecule has 3 rings (SSSR count). The standard InChI is InChI=1S/C14H20N2O3S/c1-19-13-4-6-14(7-5-13)20(17,18)16-10-9-15-8-2-3-12(15)11-16/h4-7,12H,2-3,8-11H2,1H3/t12-/m0/s1. The van der Waals surface area contributed by atoms with Crippen LogP contribution in [-0.4, -0.2) is 57.0 Å². The average molecular weight is 296 g/mol. The van der Waals surface area contributed by atoms with Crippen LogP contribution in [0.1, 0.15) is 12.8 Å². The molecule has 0 aromatic heterocycles. The van der Waals surface area contributed by atoms with Gasteiger partial charge in [-0.3, -0.25) is 4.90 Å². The van der Waals surface area contributed by atoms with Crippen molar-refractivity contribution >= 4 is 10.0 Å². The third-order valence-corrected chi connectivity index (χ3v) is 6.13. The van der Waals surface area contributed by atoms with Crippen LogP contribution in [0.25, 0.3) is 0 Å². The van der Waals surface area contributed by atoms with E-state index in [2.05, 4.69) is 4.90 Å². The molecule has 110 valence electrons. The zero-order valence-corrected chi connectivity index (χ0v) is 12.5. The van der Waals surface area contributed by atoms with Gasteiger partial charge in [0.05, 0.1) is 12.0 Å². The summed E-state index contributed by atoms with van der Waals surface area (Å²) in [7, 11) is -1.80. The number of piperazine rings is 1. The molecule has 6 heteroatoms. The second-order valence-electron chi connectivity index (χ2n) is 5.37. The fourth-order valence-electron chi connectivity index (χ4n) is 3.08. The van der Waals surface area contributed by atoms with Crippen molar-refractivity contribution in [3.63, 3.8) is 0 Å². The number of benzene rings is 1. The fourth-order valence-corrected chi connectivity index (χ4v) is 4.55. The molecule has 1 aromatic carbocycles. The summed E-state index contributed by atoms with van der Waals surface area (Å²) < 4.78 is 32.0. The van der Waals surface area contributed by atoms with Crippen LogP contribution in [0, 0.1) is 0 Å². The molecule has 0 unspecified atom stereocenters. The van der Waals surface area contributed by atoms with E-state index in [4.69, 9.17) is 4.74 Å². The van der Waals surface area contributed by atoms with Crippen LogP contribution in [-0.2, 0) is 10.0 Å². The molecule has 1 aromatic rings. The highest BCUT2D eigenvalue weighted by molar-refractivity contribution is 7.89. The molecule has 1 atom stereocenters. The molecular weight excluding hydrogens is 276 g/mol. The van der Waals surface area contributed by atoms with Crippen molar-refractivity contribution in [2.75, 3.05) is 33.3 Å². The Kier molecular flexibility index (Phi) is 3.70. The molecular formula is C14H20N2O3S. The maximum atomic E-state index is 12.6. The molecule has 0 spiro atoms. The van der Waals surface area contributed by atoms with Gasteiger partial charge < -0.3 is 4.74 Å². The van der Waals surface area contributed by atoms with Crippen LogP contribution in [0.3, 0.4) is 0 Å². The van der Waals surface area contributed by atoms with Crippen LogP contribution < -0.4 is 4.74 Å². The Bertz CT molecular complexity index is 571. The molecule has 20 heavy (non-hydrogen) atoms. The smallest absolute Gasteiger partial charge is 0.243 e. The normalized spacial score (nSPS) is 24.6. The third-order valence-electron chi connectivity index (χ3n) is 4.25. The van der Waals surface area contributed by atoms with Crippen LogP contribution in [0.5, 0.6) is 5.75 Å². The zero-order chi connectivity index (χ0) is 14.2. The summed E-state index contributed by atoms with van der Waals surface area (Å²) in [5.41, 5.74) is 0. The molecule has 0 radical (unpaired) electrons. The van der Waals surface area contributed by atoms with Gasteiger partial charge in [0, 0.05) is 25.7 Å². The topological polar surface area (TPSA) is 49.9 Å². The molecule has 2 heterocycles. The van der Waals surface area contributed by atoms with Gasteiger partial charge in [0.2, 0.25) is 10.0 Å². The van der Waals surface area contributed by atoms with Crippen molar-refractivity contribution in [1.82, 2.24) is 9.21 Å². The summed E-state index contributed by atoms with van der Waals surface area (Å²) in [6, 6.07) is 7.03. The Morgan fingerprint density at radius 3 is 2.60 bits per heavy atom. The highest BCUT2D eigenvalue weighted by Gasteiger charge is 2.36. The second-order valence-corrected chi connectivity index (χ2v) is 7.31. The number of hydrogen-bond acceptors (Lipinski definition) is 4. The second kappa shape index (κ2) is 5.35. The molecule has 0 amide bonds. The van der Waals surface area contributed by atoms with Crippen molar-refractivity contribution in [2.24, 2.45) is 0 Å². The van der Waals surface area contributed by atoms with E-state index < -0.39 is 10.0 Å². The van der Waals surface area contributed by atoms with E-state index in [-0.39, 0.29) is 0 Å². The lowest BCUT2D eigenvalue weighted by atomic mass is 10.2. The minimum atomic E-state index is -3.37. The number of nitrogens with zero attached hydrogens (tertiary/aromatic N) is 2. The Labute approximate surface area is 120 Å². The Morgan fingerprint density at radius 2 is 1.90 bits per heavy atom. The average Bonchev–Trinajstić information content (AvgIpc) is 2.94. The Hall–Kier alpha value is -1.11. The van der Waals surface area contributed by atoms with E-state index in [9.17, 15) is 8.42 Å². The lowest BCUT2D eigenvalue weighted by Crippen LogP contribution is -2.51. The van der Waals surface area contributed by atoms with E-state index in [1.165, 1.54) is 6.42 Å². The van der Waals surface area contributed by atoms with Crippen LogP contribution >= 0.6 is 0 Å². The first-order valence-electron chi connectivity index (χ1n) is 6.99. The van der Waals surface area contributed by atoms with Gasteiger partial charge in [-0.2, -0.15) is 4.31 Å². The molecule has 5 nitrogen and oxygen atoms in total. The van der Waals surface area contributed by atoms with Gasteiger partial charge in [-0.05, 0) is 43.7 Å². The van der Waals surface area contributed by atoms with Crippen molar-refractivity contribution in [3.05, 3.63) is 24.3 Å². The van der Waals surface area contributed by atoms with E-state index in [0.717, 1.165) is 19.5 Å². The largest absolute Gasteiger partial charge is 0.497 e. The molecule has 0 saturated carbocycles. The summed E-state index contributed by atoms with van der Waals surface area (Å²) in [5.74, 6) is 0.671. The van der Waals surface area contributed by atoms with E-state index in [1.54, 1.807) is 35.7 Å². The van der Waals surface area contributed by atoms with Crippen LogP contribution in [0.2, 0.25) is 0 Å². The molecule has 0 N–H and O–H groups in total. The highest BCUT2D eigenvalue weighted by atomic mass is 32.2. The lowest BCUT2D eigenvalue weighted by Gasteiger charge is -2.36. The lowest BCUT2D eigenvalue weighted by molar-refractivity contribution is 0.158. The van der Waals surface area contributed by atoms with Gasteiger partial charge in [0.1, 0.15) is 5.75 Å². The van der Waals surface area contributed by atoms with Crippen LogP contribution in [0.4, 0.5) is 0 Å². The summed E-state index contributed by atoms with van der Waals surface area (Å²) in [6.07, 6.45) is 2.29. The molecule has 2 aliphatic rings. The minimum absolute atomic E-state index is 0.352.